The van der Waals surface area contributed by atoms with Crippen LogP contribution in [0.15, 0.2) is 48.5 Å². The number of halogens is 2. The molecule has 2 bridgehead atoms. The number of hydrogen-bond acceptors (Lipinski definition) is 6. The molecule has 2 unspecified atom stereocenters. The Morgan fingerprint density at radius 1 is 1.00 bits per heavy atom. The molecule has 3 aliphatic heterocycles. The van der Waals surface area contributed by atoms with E-state index in [-0.39, 0.29) is 47.5 Å². The molecule has 2 aromatic carbocycles. The third-order valence-corrected chi connectivity index (χ3v) is 5.99. The van der Waals surface area contributed by atoms with Gasteiger partial charge in [-0.15, -0.1) is 8.78 Å². The second-order valence-electron chi connectivity index (χ2n) is 8.15. The van der Waals surface area contributed by atoms with Crippen molar-refractivity contribution in [1.29, 1.82) is 0 Å². The molecule has 3 aliphatic rings. The molecule has 2 aromatic rings. The number of ketones is 1. The molecule has 2 saturated heterocycles. The van der Waals surface area contributed by atoms with Crippen molar-refractivity contribution in [2.45, 2.75) is 37.8 Å². The van der Waals surface area contributed by atoms with E-state index < -0.39 is 12.4 Å². The molecule has 32 heavy (non-hydrogen) atoms. The highest BCUT2D eigenvalue weighted by Crippen LogP contribution is 2.42. The number of piperidine rings is 1. The molecule has 168 valence electrons. The van der Waals surface area contributed by atoms with Gasteiger partial charge in [-0.25, -0.2) is 4.79 Å². The molecule has 7 nitrogen and oxygen atoms in total. The number of amides is 1. The normalized spacial score (nSPS) is 25.3. The number of Topliss-reactive ketones (excluding diaryl/α,β-unsaturated/α-hetero) is 1. The van der Waals surface area contributed by atoms with E-state index in [9.17, 15) is 18.4 Å². The summed E-state index contributed by atoms with van der Waals surface area (Å²) >= 11 is 0. The standard InChI is InChI=1S/C23H21F2NO6/c24-23(25)31-19-7-6-15(10-20(19)32-23)21(27)16-8-17-12-29-13-18(9-16)26(17)22(28)30-11-14-4-2-1-3-5-14/h1-7,10,16-18H,8-9,11-13H2. The van der Waals surface area contributed by atoms with Gasteiger partial charge in [-0.1, -0.05) is 30.3 Å². The Balaban J connectivity index is 1.26. The number of ether oxygens (including phenoxy) is 4. The molecule has 0 aromatic heterocycles. The minimum absolute atomic E-state index is 0.104. The molecular weight excluding hydrogens is 424 g/mol. The van der Waals surface area contributed by atoms with Crippen LogP contribution in [0.4, 0.5) is 13.6 Å². The minimum Gasteiger partial charge on any atom is -0.445 e. The number of fused-ring (bicyclic) bond motifs is 3. The monoisotopic (exact) mass is 445 g/mol. The van der Waals surface area contributed by atoms with Gasteiger partial charge in [0.2, 0.25) is 0 Å². The average molecular weight is 445 g/mol. The first-order valence-corrected chi connectivity index (χ1v) is 10.4. The SMILES string of the molecule is O=C(c1ccc2c(c1)OC(F)(F)O2)C1CC2COCC(C1)N2C(=O)OCc1ccccc1. The highest BCUT2D eigenvalue weighted by Gasteiger charge is 2.46. The van der Waals surface area contributed by atoms with Crippen molar-refractivity contribution >= 4 is 11.9 Å². The molecule has 9 heteroatoms. The molecular formula is C23H21F2NO6. The Kier molecular flexibility index (Phi) is 5.21. The Bertz CT molecular complexity index is 1020. The summed E-state index contributed by atoms with van der Waals surface area (Å²) in [7, 11) is 0. The third-order valence-electron chi connectivity index (χ3n) is 5.99. The fraction of sp³-hybridized carbons (Fsp3) is 0.391. The Labute approximate surface area is 182 Å². The van der Waals surface area contributed by atoms with Crippen molar-refractivity contribution < 1.29 is 37.3 Å². The minimum atomic E-state index is -3.73. The summed E-state index contributed by atoms with van der Waals surface area (Å²) in [5, 5.41) is 0. The zero-order chi connectivity index (χ0) is 22.3. The number of benzene rings is 2. The Morgan fingerprint density at radius 2 is 1.69 bits per heavy atom. The number of hydrogen-bond donors (Lipinski definition) is 0. The third kappa shape index (κ3) is 4.00. The molecule has 0 spiro atoms. The summed E-state index contributed by atoms with van der Waals surface area (Å²) in [6.07, 6.45) is -3.35. The van der Waals surface area contributed by atoms with Crippen molar-refractivity contribution in [2.24, 2.45) is 5.92 Å². The number of morpholine rings is 1. The highest BCUT2D eigenvalue weighted by atomic mass is 19.3. The summed E-state index contributed by atoms with van der Waals surface area (Å²) < 4.78 is 46.5. The average Bonchev–Trinajstić information content (AvgIpc) is 3.09. The van der Waals surface area contributed by atoms with Crippen molar-refractivity contribution in [3.63, 3.8) is 0 Å². The molecule has 2 fully saturated rings. The van der Waals surface area contributed by atoms with Gasteiger partial charge in [0.05, 0.1) is 25.3 Å². The first kappa shape index (κ1) is 20.7. The molecule has 2 atom stereocenters. The fourth-order valence-electron chi connectivity index (χ4n) is 4.56. The van der Waals surface area contributed by atoms with Crippen LogP contribution in [-0.2, 0) is 16.1 Å². The van der Waals surface area contributed by atoms with Crippen LogP contribution in [0, 0.1) is 5.92 Å². The number of nitrogens with zero attached hydrogens (tertiary/aromatic N) is 1. The highest BCUT2D eigenvalue weighted by molar-refractivity contribution is 5.98. The lowest BCUT2D eigenvalue weighted by Crippen LogP contribution is -2.59. The quantitative estimate of drug-likeness (QED) is 0.663. The van der Waals surface area contributed by atoms with Crippen LogP contribution in [0.25, 0.3) is 0 Å². The van der Waals surface area contributed by atoms with E-state index in [1.807, 2.05) is 30.3 Å². The van der Waals surface area contributed by atoms with E-state index in [1.54, 1.807) is 4.90 Å². The van der Waals surface area contributed by atoms with E-state index in [2.05, 4.69) is 9.47 Å². The summed E-state index contributed by atoms with van der Waals surface area (Å²) in [6.45, 7) is 0.794. The van der Waals surface area contributed by atoms with E-state index in [0.29, 0.717) is 26.1 Å². The zero-order valence-corrected chi connectivity index (χ0v) is 17.0. The smallest absolute Gasteiger partial charge is 0.445 e. The lowest BCUT2D eigenvalue weighted by atomic mass is 9.81. The maximum absolute atomic E-state index is 13.3. The zero-order valence-electron chi connectivity index (χ0n) is 17.0. The molecule has 0 saturated carbocycles. The number of rotatable bonds is 4. The predicted molar refractivity (Wildman–Crippen MR) is 107 cm³/mol. The largest absolute Gasteiger partial charge is 0.586 e. The lowest BCUT2D eigenvalue weighted by Gasteiger charge is -2.47. The van der Waals surface area contributed by atoms with Gasteiger partial charge in [-0.05, 0) is 36.6 Å². The predicted octanol–water partition coefficient (Wildman–Crippen LogP) is 4.01. The summed E-state index contributed by atoms with van der Waals surface area (Å²) in [6, 6.07) is 12.9. The summed E-state index contributed by atoms with van der Waals surface area (Å²) in [5.41, 5.74) is 1.16. The first-order chi connectivity index (χ1) is 15.4. The van der Waals surface area contributed by atoms with Crippen molar-refractivity contribution in [3.8, 4) is 11.5 Å². The second kappa shape index (κ2) is 8.05. The van der Waals surface area contributed by atoms with Crippen LogP contribution in [0.3, 0.4) is 0 Å². The molecule has 1 amide bonds. The van der Waals surface area contributed by atoms with Crippen LogP contribution < -0.4 is 9.47 Å². The van der Waals surface area contributed by atoms with Crippen LogP contribution >= 0.6 is 0 Å². The van der Waals surface area contributed by atoms with Crippen LogP contribution in [0.1, 0.15) is 28.8 Å². The first-order valence-electron chi connectivity index (χ1n) is 10.4. The Morgan fingerprint density at radius 3 is 2.41 bits per heavy atom. The lowest BCUT2D eigenvalue weighted by molar-refractivity contribution is -0.286. The molecule has 5 rings (SSSR count). The van der Waals surface area contributed by atoms with Gasteiger partial charge in [0.25, 0.3) is 0 Å². The summed E-state index contributed by atoms with van der Waals surface area (Å²) in [4.78, 5) is 27.6. The van der Waals surface area contributed by atoms with Crippen LogP contribution in [0.5, 0.6) is 11.5 Å². The number of alkyl halides is 2. The molecule has 0 aliphatic carbocycles. The van der Waals surface area contributed by atoms with Crippen molar-refractivity contribution in [2.75, 3.05) is 13.2 Å². The van der Waals surface area contributed by atoms with Crippen molar-refractivity contribution in [3.05, 3.63) is 59.7 Å². The molecule has 3 heterocycles. The van der Waals surface area contributed by atoms with Gasteiger partial charge < -0.3 is 18.9 Å². The molecule has 0 radical (unpaired) electrons. The van der Waals surface area contributed by atoms with Crippen LogP contribution in [0.2, 0.25) is 0 Å². The van der Waals surface area contributed by atoms with Gasteiger partial charge >= 0.3 is 12.4 Å². The second-order valence-corrected chi connectivity index (χ2v) is 8.15. The maximum Gasteiger partial charge on any atom is 0.586 e. The van der Waals surface area contributed by atoms with Gasteiger partial charge in [0.1, 0.15) is 6.61 Å². The van der Waals surface area contributed by atoms with Crippen molar-refractivity contribution in [1.82, 2.24) is 4.90 Å². The van der Waals surface area contributed by atoms with E-state index >= 15 is 0 Å². The summed E-state index contributed by atoms with van der Waals surface area (Å²) in [5.74, 6) is -0.812. The van der Waals surface area contributed by atoms with E-state index in [1.165, 1.54) is 18.2 Å². The van der Waals surface area contributed by atoms with Gasteiger partial charge in [0, 0.05) is 11.5 Å². The van der Waals surface area contributed by atoms with Gasteiger partial charge in [-0.3, -0.25) is 9.69 Å². The number of carbonyl (C=O) groups is 2. The van der Waals surface area contributed by atoms with E-state index in [0.717, 1.165) is 5.56 Å². The van der Waals surface area contributed by atoms with Gasteiger partial charge in [0.15, 0.2) is 17.3 Å². The van der Waals surface area contributed by atoms with E-state index in [4.69, 9.17) is 9.47 Å². The number of carbonyl (C=O) groups excluding carboxylic acids is 2. The maximum atomic E-state index is 13.3. The fourth-order valence-corrected chi connectivity index (χ4v) is 4.56. The Hall–Kier alpha value is -3.20. The topological polar surface area (TPSA) is 74.3 Å². The molecule has 0 N–H and O–H groups in total. The van der Waals surface area contributed by atoms with Crippen LogP contribution in [-0.4, -0.2) is 48.4 Å². The van der Waals surface area contributed by atoms with Gasteiger partial charge in [-0.2, -0.15) is 0 Å².